The van der Waals surface area contributed by atoms with Crippen molar-refractivity contribution >= 4 is 5.91 Å². The number of hydrogen-bond acceptors (Lipinski definition) is 4. The third kappa shape index (κ3) is 2.16. The molecule has 1 aliphatic rings. The average molecular weight is 210 g/mol. The summed E-state index contributed by atoms with van der Waals surface area (Å²) in [6, 6.07) is 0. The van der Waals surface area contributed by atoms with E-state index in [1.165, 1.54) is 0 Å². The number of carbonyl (C=O) groups is 1. The molecule has 1 atom stereocenters. The Balaban J connectivity index is 1.87. The largest absolute Gasteiger partial charge is 0.379 e. The zero-order chi connectivity index (χ0) is 10.7. The molecule has 6 nitrogen and oxygen atoms in total. The highest BCUT2D eigenvalue weighted by atomic mass is 16.5. The molecular weight excluding hydrogens is 196 g/mol. The maximum absolute atomic E-state index is 11.7. The minimum Gasteiger partial charge on any atom is -0.379 e. The molecule has 0 saturated carbocycles. The van der Waals surface area contributed by atoms with Gasteiger partial charge in [-0.2, -0.15) is 5.10 Å². The van der Waals surface area contributed by atoms with Crippen molar-refractivity contribution in [2.24, 2.45) is 5.73 Å². The normalized spacial score (nSPS) is 25.4. The topological polar surface area (TPSA) is 93.0 Å². The predicted octanol–water partition coefficient (Wildman–Crippen LogP) is -0.856. The Labute approximate surface area is 87.2 Å². The highest BCUT2D eigenvalue weighted by Crippen LogP contribution is 2.15. The molecule has 0 aliphatic carbocycles. The van der Waals surface area contributed by atoms with E-state index in [0.717, 1.165) is 5.56 Å². The number of carbonyl (C=O) groups excluding carboxylic acids is 1. The number of nitrogens with zero attached hydrogens (tertiary/aromatic N) is 1. The first-order valence-electron chi connectivity index (χ1n) is 4.83. The molecule has 1 fully saturated rings. The number of nitrogens with two attached hydrogens (primary N) is 1. The van der Waals surface area contributed by atoms with Crippen LogP contribution in [0.1, 0.15) is 12.0 Å². The van der Waals surface area contributed by atoms with Crippen molar-refractivity contribution in [2.45, 2.75) is 18.5 Å². The van der Waals surface area contributed by atoms with Crippen LogP contribution in [0.4, 0.5) is 0 Å². The fraction of sp³-hybridized carbons (Fsp3) is 0.556. The molecule has 1 aromatic heterocycles. The lowest BCUT2D eigenvalue weighted by Crippen LogP contribution is -2.54. The smallest absolute Gasteiger partial charge is 0.242 e. The summed E-state index contributed by atoms with van der Waals surface area (Å²) in [5.41, 5.74) is 5.95. The summed E-state index contributed by atoms with van der Waals surface area (Å²) in [7, 11) is 0. The van der Waals surface area contributed by atoms with Crippen LogP contribution in [-0.4, -0.2) is 34.9 Å². The van der Waals surface area contributed by atoms with Gasteiger partial charge in [0.2, 0.25) is 5.91 Å². The van der Waals surface area contributed by atoms with E-state index in [1.54, 1.807) is 12.4 Å². The van der Waals surface area contributed by atoms with E-state index in [0.29, 0.717) is 26.2 Å². The number of amides is 1. The second-order valence-corrected chi connectivity index (χ2v) is 3.75. The fourth-order valence-corrected chi connectivity index (χ4v) is 1.49. The minimum absolute atomic E-state index is 0.166. The first-order valence-corrected chi connectivity index (χ1v) is 4.83. The molecule has 1 unspecified atom stereocenters. The quantitative estimate of drug-likeness (QED) is 0.605. The zero-order valence-corrected chi connectivity index (χ0v) is 8.32. The van der Waals surface area contributed by atoms with Gasteiger partial charge in [-0.3, -0.25) is 9.89 Å². The monoisotopic (exact) mass is 210 g/mol. The van der Waals surface area contributed by atoms with Gasteiger partial charge in [-0.25, -0.2) is 0 Å². The molecule has 1 saturated heterocycles. The lowest BCUT2D eigenvalue weighted by molar-refractivity contribution is -0.126. The number of ether oxygens (including phenoxy) is 1. The number of H-pyrrole nitrogens is 1. The lowest BCUT2D eigenvalue weighted by Gasteiger charge is -2.20. The molecule has 2 rings (SSSR count). The van der Waals surface area contributed by atoms with Crippen LogP contribution in [-0.2, 0) is 16.1 Å². The van der Waals surface area contributed by atoms with Crippen molar-refractivity contribution in [1.82, 2.24) is 15.5 Å². The van der Waals surface area contributed by atoms with Gasteiger partial charge in [0.25, 0.3) is 0 Å². The fourth-order valence-electron chi connectivity index (χ4n) is 1.49. The van der Waals surface area contributed by atoms with E-state index in [9.17, 15) is 4.79 Å². The Hall–Kier alpha value is -1.40. The van der Waals surface area contributed by atoms with Crippen LogP contribution in [0.5, 0.6) is 0 Å². The van der Waals surface area contributed by atoms with Crippen molar-refractivity contribution in [1.29, 1.82) is 0 Å². The SMILES string of the molecule is NC1(C(=O)NCc2cn[nH]c2)CCOC1. The molecule has 1 amide bonds. The Morgan fingerprint density at radius 1 is 1.80 bits per heavy atom. The molecule has 6 heteroatoms. The molecule has 1 aliphatic heterocycles. The molecule has 4 N–H and O–H groups in total. The summed E-state index contributed by atoms with van der Waals surface area (Å²) in [5, 5.41) is 9.22. The Bertz CT molecular complexity index is 330. The maximum atomic E-state index is 11.7. The number of aromatic amines is 1. The zero-order valence-electron chi connectivity index (χ0n) is 8.32. The van der Waals surface area contributed by atoms with Crippen LogP contribution in [0.2, 0.25) is 0 Å². The van der Waals surface area contributed by atoms with Gasteiger partial charge in [0.15, 0.2) is 0 Å². The highest BCUT2D eigenvalue weighted by Gasteiger charge is 2.37. The third-order valence-electron chi connectivity index (χ3n) is 2.51. The molecule has 1 aromatic rings. The van der Waals surface area contributed by atoms with Crippen LogP contribution >= 0.6 is 0 Å². The van der Waals surface area contributed by atoms with Gasteiger partial charge >= 0.3 is 0 Å². The van der Waals surface area contributed by atoms with Crippen molar-refractivity contribution in [3.8, 4) is 0 Å². The summed E-state index contributed by atoms with van der Waals surface area (Å²) >= 11 is 0. The summed E-state index contributed by atoms with van der Waals surface area (Å²) in [6.07, 6.45) is 3.97. The molecular formula is C9H14N4O2. The molecule has 82 valence electrons. The van der Waals surface area contributed by atoms with Gasteiger partial charge in [0.1, 0.15) is 5.54 Å². The summed E-state index contributed by atoms with van der Waals surface area (Å²) in [6.45, 7) is 1.29. The van der Waals surface area contributed by atoms with E-state index >= 15 is 0 Å². The van der Waals surface area contributed by atoms with Gasteiger partial charge in [-0.15, -0.1) is 0 Å². The van der Waals surface area contributed by atoms with Crippen LogP contribution in [0, 0.1) is 0 Å². The summed E-state index contributed by atoms with van der Waals surface area (Å²) < 4.78 is 5.11. The van der Waals surface area contributed by atoms with Crippen LogP contribution in [0.15, 0.2) is 12.4 Å². The number of aromatic nitrogens is 2. The third-order valence-corrected chi connectivity index (χ3v) is 2.51. The van der Waals surface area contributed by atoms with Gasteiger partial charge in [-0.1, -0.05) is 0 Å². The Kier molecular flexibility index (Phi) is 2.70. The van der Waals surface area contributed by atoms with Gasteiger partial charge in [-0.05, 0) is 6.42 Å². The summed E-state index contributed by atoms with van der Waals surface area (Å²) in [5.74, 6) is -0.166. The summed E-state index contributed by atoms with van der Waals surface area (Å²) in [4.78, 5) is 11.7. The Morgan fingerprint density at radius 3 is 3.27 bits per heavy atom. The second-order valence-electron chi connectivity index (χ2n) is 3.75. The number of hydrogen-bond donors (Lipinski definition) is 3. The predicted molar refractivity (Wildman–Crippen MR) is 52.8 cm³/mol. The van der Waals surface area contributed by atoms with Gasteiger partial charge in [0, 0.05) is 24.9 Å². The van der Waals surface area contributed by atoms with E-state index < -0.39 is 5.54 Å². The second kappa shape index (κ2) is 4.00. The maximum Gasteiger partial charge on any atom is 0.242 e. The molecule has 0 aromatic carbocycles. The standard InChI is InChI=1S/C9H14N4O2/c10-9(1-2-15-6-9)8(14)11-3-7-4-12-13-5-7/h4-5H,1-3,6,10H2,(H,11,14)(H,12,13). The first-order chi connectivity index (χ1) is 7.21. The van der Waals surface area contributed by atoms with Crippen molar-refractivity contribution in [3.05, 3.63) is 18.0 Å². The van der Waals surface area contributed by atoms with E-state index in [1.807, 2.05) is 0 Å². The van der Waals surface area contributed by atoms with Gasteiger partial charge in [0.05, 0.1) is 12.8 Å². The van der Waals surface area contributed by atoms with Crippen LogP contribution in [0.25, 0.3) is 0 Å². The van der Waals surface area contributed by atoms with Crippen LogP contribution < -0.4 is 11.1 Å². The molecule has 0 bridgehead atoms. The van der Waals surface area contributed by atoms with Crippen molar-refractivity contribution in [2.75, 3.05) is 13.2 Å². The van der Waals surface area contributed by atoms with E-state index in [-0.39, 0.29) is 5.91 Å². The minimum atomic E-state index is -0.857. The Morgan fingerprint density at radius 2 is 2.67 bits per heavy atom. The first kappa shape index (κ1) is 10.1. The van der Waals surface area contributed by atoms with Crippen LogP contribution in [0.3, 0.4) is 0 Å². The lowest BCUT2D eigenvalue weighted by atomic mass is 9.99. The number of rotatable bonds is 3. The molecule has 0 spiro atoms. The molecule has 15 heavy (non-hydrogen) atoms. The van der Waals surface area contributed by atoms with Crippen molar-refractivity contribution < 1.29 is 9.53 Å². The van der Waals surface area contributed by atoms with E-state index in [4.69, 9.17) is 10.5 Å². The van der Waals surface area contributed by atoms with Crippen molar-refractivity contribution in [3.63, 3.8) is 0 Å². The highest BCUT2D eigenvalue weighted by molar-refractivity contribution is 5.86. The molecule has 0 radical (unpaired) electrons. The van der Waals surface area contributed by atoms with E-state index in [2.05, 4.69) is 15.5 Å². The molecule has 2 heterocycles. The number of nitrogens with one attached hydrogen (secondary N) is 2. The van der Waals surface area contributed by atoms with Gasteiger partial charge < -0.3 is 15.8 Å². The average Bonchev–Trinajstić information content (AvgIpc) is 2.85.